The summed E-state index contributed by atoms with van der Waals surface area (Å²) in [7, 11) is 2.02. The second-order valence-electron chi connectivity index (χ2n) is 5.51. The minimum absolute atomic E-state index is 0.366. The monoisotopic (exact) mass is 273 g/mol. The Morgan fingerprint density at radius 1 is 1.45 bits per heavy atom. The van der Waals surface area contributed by atoms with Gasteiger partial charge in [-0.3, -0.25) is 4.79 Å². The maximum absolute atomic E-state index is 11.0. The first kappa shape index (κ1) is 13.1. The highest BCUT2D eigenvalue weighted by atomic mass is 16.4. The van der Waals surface area contributed by atoms with Crippen LogP contribution in [0.5, 0.6) is 0 Å². The van der Waals surface area contributed by atoms with E-state index in [2.05, 4.69) is 22.0 Å². The lowest BCUT2D eigenvalue weighted by molar-refractivity contribution is -0.138. The van der Waals surface area contributed by atoms with E-state index < -0.39 is 12.0 Å². The van der Waals surface area contributed by atoms with E-state index in [0.717, 1.165) is 35.2 Å². The van der Waals surface area contributed by atoms with Crippen LogP contribution in [0.2, 0.25) is 0 Å². The molecule has 4 N–H and O–H groups in total. The fourth-order valence-corrected chi connectivity index (χ4v) is 3.00. The van der Waals surface area contributed by atoms with Gasteiger partial charge in [-0.05, 0) is 35.7 Å². The van der Waals surface area contributed by atoms with Gasteiger partial charge in [0.15, 0.2) is 0 Å². The molecule has 0 saturated heterocycles. The molecule has 1 aromatic heterocycles. The lowest BCUT2D eigenvalue weighted by Gasteiger charge is -2.07. The highest BCUT2D eigenvalue weighted by Crippen LogP contribution is 2.30. The van der Waals surface area contributed by atoms with Gasteiger partial charge in [-0.2, -0.15) is 0 Å². The normalized spacial score (nSPS) is 15.6. The van der Waals surface area contributed by atoms with Gasteiger partial charge >= 0.3 is 5.97 Å². The molecule has 1 atom stereocenters. The maximum Gasteiger partial charge on any atom is 0.320 e. The zero-order valence-corrected chi connectivity index (χ0v) is 11.7. The van der Waals surface area contributed by atoms with E-state index in [0.29, 0.717) is 6.42 Å². The molecular formula is C15H19N3O2. The van der Waals surface area contributed by atoms with Crippen molar-refractivity contribution in [2.45, 2.75) is 32.5 Å². The summed E-state index contributed by atoms with van der Waals surface area (Å²) >= 11 is 0. The van der Waals surface area contributed by atoms with Crippen LogP contribution in [0.25, 0.3) is 10.9 Å². The van der Waals surface area contributed by atoms with Crippen molar-refractivity contribution in [3.05, 3.63) is 34.5 Å². The summed E-state index contributed by atoms with van der Waals surface area (Å²) in [6.45, 7) is 3.80. The zero-order valence-electron chi connectivity index (χ0n) is 11.7. The molecule has 2 heterocycles. The van der Waals surface area contributed by atoms with Gasteiger partial charge in [0.25, 0.3) is 0 Å². The number of nitrogens with two attached hydrogens (primary N) is 1. The van der Waals surface area contributed by atoms with E-state index >= 15 is 0 Å². The number of nitrogens with one attached hydrogen (secondary N) is 1. The number of nitrogens with zero attached hydrogens (tertiary/aromatic N) is 1. The number of aliphatic carboxylic acids is 1. The van der Waals surface area contributed by atoms with Crippen molar-refractivity contribution in [2.24, 2.45) is 12.8 Å². The van der Waals surface area contributed by atoms with Crippen molar-refractivity contribution in [3.63, 3.8) is 0 Å². The predicted octanol–water partition coefficient (Wildman–Crippen LogP) is 1.04. The molecule has 1 unspecified atom stereocenters. The van der Waals surface area contributed by atoms with Crippen molar-refractivity contribution in [2.75, 3.05) is 0 Å². The molecule has 1 aliphatic heterocycles. The Balaban J connectivity index is 2.16. The summed E-state index contributed by atoms with van der Waals surface area (Å²) < 4.78 is 2.12. The van der Waals surface area contributed by atoms with Gasteiger partial charge in [0.05, 0.1) is 0 Å². The molecule has 106 valence electrons. The van der Waals surface area contributed by atoms with E-state index in [-0.39, 0.29) is 0 Å². The standard InChI is InChI=1S/C15H19N3O2/c1-8-11(5-13(16)15(19)20)12-3-9-6-17-7-10(9)4-14(12)18(8)2/h3-4,13,17H,5-7,16H2,1-2H3,(H,19,20). The third kappa shape index (κ3) is 1.90. The molecule has 20 heavy (non-hydrogen) atoms. The van der Waals surface area contributed by atoms with Gasteiger partial charge < -0.3 is 20.7 Å². The van der Waals surface area contributed by atoms with Crippen molar-refractivity contribution in [3.8, 4) is 0 Å². The van der Waals surface area contributed by atoms with E-state index in [1.165, 1.54) is 11.1 Å². The maximum atomic E-state index is 11.0. The third-order valence-corrected chi connectivity index (χ3v) is 4.32. The van der Waals surface area contributed by atoms with Crippen LogP contribution in [0, 0.1) is 6.92 Å². The zero-order chi connectivity index (χ0) is 14.4. The Morgan fingerprint density at radius 3 is 2.75 bits per heavy atom. The minimum Gasteiger partial charge on any atom is -0.480 e. The number of aromatic nitrogens is 1. The molecular weight excluding hydrogens is 254 g/mol. The van der Waals surface area contributed by atoms with Crippen LogP contribution < -0.4 is 11.1 Å². The molecule has 5 heteroatoms. The van der Waals surface area contributed by atoms with Crippen molar-refractivity contribution >= 4 is 16.9 Å². The van der Waals surface area contributed by atoms with Crippen LogP contribution in [0.3, 0.4) is 0 Å². The van der Waals surface area contributed by atoms with Crippen molar-refractivity contribution in [1.82, 2.24) is 9.88 Å². The third-order valence-electron chi connectivity index (χ3n) is 4.32. The fraction of sp³-hybridized carbons (Fsp3) is 0.400. The van der Waals surface area contributed by atoms with Crippen LogP contribution in [-0.2, 0) is 31.4 Å². The average Bonchev–Trinajstić information content (AvgIpc) is 2.95. The Labute approximate surface area is 117 Å². The largest absolute Gasteiger partial charge is 0.480 e. The number of carbonyl (C=O) groups is 1. The van der Waals surface area contributed by atoms with Crippen LogP contribution in [0.4, 0.5) is 0 Å². The summed E-state index contributed by atoms with van der Waals surface area (Å²) in [5, 5.41) is 13.5. The number of hydrogen-bond acceptors (Lipinski definition) is 3. The molecule has 0 spiro atoms. The number of carboxylic acids is 1. The first-order valence-electron chi connectivity index (χ1n) is 6.77. The summed E-state index contributed by atoms with van der Waals surface area (Å²) in [5.74, 6) is -0.954. The molecule has 0 fully saturated rings. The number of rotatable bonds is 3. The molecule has 0 amide bonds. The van der Waals surface area contributed by atoms with Gasteiger partial charge in [-0.25, -0.2) is 0 Å². The molecule has 0 bridgehead atoms. The molecule has 0 radical (unpaired) electrons. The highest BCUT2D eigenvalue weighted by molar-refractivity contribution is 5.88. The number of carboxylic acid groups (broad SMARTS) is 1. The highest BCUT2D eigenvalue weighted by Gasteiger charge is 2.21. The quantitative estimate of drug-likeness (QED) is 0.780. The van der Waals surface area contributed by atoms with Crippen molar-refractivity contribution < 1.29 is 9.90 Å². The Morgan fingerprint density at radius 2 is 2.10 bits per heavy atom. The number of fused-ring (bicyclic) bond motifs is 2. The summed E-state index contributed by atoms with van der Waals surface area (Å²) in [6.07, 6.45) is 0.366. The van der Waals surface area contributed by atoms with Gasteiger partial charge in [0.1, 0.15) is 6.04 Å². The molecule has 1 aromatic carbocycles. The summed E-state index contributed by atoms with van der Waals surface area (Å²) in [4.78, 5) is 11.0. The SMILES string of the molecule is Cc1c(CC(N)C(=O)O)c2cc3c(cc2n1C)CNC3. The molecule has 0 saturated carbocycles. The first-order chi connectivity index (χ1) is 9.49. The lowest BCUT2D eigenvalue weighted by Crippen LogP contribution is -2.32. The van der Waals surface area contributed by atoms with Gasteiger partial charge in [-0.1, -0.05) is 0 Å². The van der Waals surface area contributed by atoms with Crippen LogP contribution in [-0.4, -0.2) is 21.7 Å². The Hall–Kier alpha value is -1.85. The molecule has 5 nitrogen and oxygen atoms in total. The number of aryl methyl sites for hydroxylation is 1. The van der Waals surface area contributed by atoms with Crippen LogP contribution in [0.1, 0.15) is 22.4 Å². The molecule has 2 aromatic rings. The summed E-state index contributed by atoms with van der Waals surface area (Å²) in [6, 6.07) is 3.53. The number of benzene rings is 1. The smallest absolute Gasteiger partial charge is 0.320 e. The van der Waals surface area contributed by atoms with E-state index in [1.807, 2.05) is 14.0 Å². The van der Waals surface area contributed by atoms with Crippen LogP contribution >= 0.6 is 0 Å². The van der Waals surface area contributed by atoms with E-state index in [4.69, 9.17) is 10.8 Å². The molecule has 1 aliphatic rings. The Bertz CT molecular complexity index is 703. The van der Waals surface area contributed by atoms with Gasteiger partial charge in [0, 0.05) is 43.2 Å². The van der Waals surface area contributed by atoms with E-state index in [9.17, 15) is 4.79 Å². The number of hydrogen-bond donors (Lipinski definition) is 3. The average molecular weight is 273 g/mol. The topological polar surface area (TPSA) is 80.3 Å². The Kier molecular flexibility index (Phi) is 3.03. The second kappa shape index (κ2) is 4.61. The van der Waals surface area contributed by atoms with Crippen LogP contribution in [0.15, 0.2) is 12.1 Å². The van der Waals surface area contributed by atoms with Gasteiger partial charge in [0.2, 0.25) is 0 Å². The first-order valence-corrected chi connectivity index (χ1v) is 6.77. The summed E-state index contributed by atoms with van der Waals surface area (Å²) in [5.41, 5.74) is 11.6. The predicted molar refractivity (Wildman–Crippen MR) is 77.5 cm³/mol. The fourth-order valence-electron chi connectivity index (χ4n) is 3.00. The van der Waals surface area contributed by atoms with E-state index in [1.54, 1.807) is 0 Å². The lowest BCUT2D eigenvalue weighted by atomic mass is 10.00. The van der Waals surface area contributed by atoms with Crippen molar-refractivity contribution in [1.29, 1.82) is 0 Å². The molecule has 0 aliphatic carbocycles. The molecule has 3 rings (SSSR count). The minimum atomic E-state index is -0.954. The second-order valence-corrected chi connectivity index (χ2v) is 5.51. The van der Waals surface area contributed by atoms with Gasteiger partial charge in [-0.15, -0.1) is 0 Å².